The zero-order valence-corrected chi connectivity index (χ0v) is 20.2. The molecule has 2 aromatic heterocycles. The Kier molecular flexibility index (Phi) is 12.8. The number of para-hydroxylation sites is 1. The molecule has 0 aliphatic rings. The van der Waals surface area contributed by atoms with Gasteiger partial charge < -0.3 is 20.3 Å². The number of H-pyrrole nitrogens is 1. The lowest BCUT2D eigenvalue weighted by molar-refractivity contribution is -0.116. The van der Waals surface area contributed by atoms with Crippen molar-refractivity contribution in [3.8, 4) is 0 Å². The number of fused-ring (bicyclic) bond motifs is 1. The van der Waals surface area contributed by atoms with E-state index in [1.165, 1.54) is 35.7 Å². The molecule has 10 nitrogen and oxygen atoms in total. The Hall–Kier alpha value is -3.50. The van der Waals surface area contributed by atoms with E-state index < -0.39 is 0 Å². The van der Waals surface area contributed by atoms with Crippen molar-refractivity contribution in [1.82, 2.24) is 25.7 Å². The largest absolute Gasteiger partial charge is 0.395 e. The van der Waals surface area contributed by atoms with E-state index in [9.17, 15) is 9.90 Å². The second-order valence-corrected chi connectivity index (χ2v) is 8.01. The van der Waals surface area contributed by atoms with Crippen LogP contribution in [0.15, 0.2) is 42.9 Å². The maximum atomic E-state index is 12.3. The normalized spacial score (nSPS) is 10.4. The van der Waals surface area contributed by atoms with Gasteiger partial charge in [-0.05, 0) is 24.5 Å². The van der Waals surface area contributed by atoms with Gasteiger partial charge in [-0.15, -0.1) is 0 Å². The molecule has 0 radical (unpaired) electrons. The Labute approximate surface area is 205 Å². The van der Waals surface area contributed by atoms with E-state index in [0.717, 1.165) is 24.8 Å². The van der Waals surface area contributed by atoms with E-state index in [1.54, 1.807) is 12.4 Å². The van der Waals surface area contributed by atoms with E-state index in [-0.39, 0.29) is 18.9 Å². The summed E-state index contributed by atoms with van der Waals surface area (Å²) in [4.78, 5) is 35.1. The summed E-state index contributed by atoms with van der Waals surface area (Å²) in [5, 5.41) is 20.9. The first kappa shape index (κ1) is 27.7. The molecular formula is C25H36N6O4. The van der Waals surface area contributed by atoms with Crippen LogP contribution in [-0.2, 0) is 11.2 Å². The maximum absolute atomic E-state index is 12.3. The third kappa shape index (κ3) is 9.34. The number of aliphatic hydroxyl groups is 1. The lowest BCUT2D eigenvalue weighted by atomic mass is 10.1. The summed E-state index contributed by atoms with van der Waals surface area (Å²) in [6.07, 6.45) is 11.9. The highest BCUT2D eigenvalue weighted by atomic mass is 16.5. The molecular weight excluding hydrogens is 448 g/mol. The van der Waals surface area contributed by atoms with Crippen molar-refractivity contribution in [3.05, 3.63) is 54.0 Å². The lowest BCUT2D eigenvalue weighted by Crippen LogP contribution is -2.31. The number of carbonyl (C=O) groups is 2. The molecule has 1 aromatic carbocycles. The number of aliphatic hydroxyl groups excluding tert-OH is 1. The van der Waals surface area contributed by atoms with Gasteiger partial charge in [0.05, 0.1) is 12.2 Å². The average molecular weight is 485 g/mol. The average Bonchev–Trinajstić information content (AvgIpc) is 3.32. The van der Waals surface area contributed by atoms with Crippen molar-refractivity contribution in [1.29, 1.82) is 0 Å². The van der Waals surface area contributed by atoms with Crippen molar-refractivity contribution in [2.75, 3.05) is 31.1 Å². The highest BCUT2D eigenvalue weighted by Crippen LogP contribution is 2.19. The van der Waals surface area contributed by atoms with Gasteiger partial charge in [0.15, 0.2) is 0 Å². The molecule has 0 aliphatic carbocycles. The number of rotatable bonds is 14. The van der Waals surface area contributed by atoms with Crippen LogP contribution in [0.25, 0.3) is 10.9 Å². The number of unbranched alkanes of at least 4 members (excludes halogenated alkanes) is 4. The minimum atomic E-state index is -0.144. The highest BCUT2D eigenvalue weighted by molar-refractivity contribution is 5.93. The second kappa shape index (κ2) is 16.2. The van der Waals surface area contributed by atoms with Gasteiger partial charge in [0.1, 0.15) is 0 Å². The first-order valence-corrected chi connectivity index (χ1v) is 12.0. The summed E-state index contributed by atoms with van der Waals surface area (Å²) >= 11 is 0. The van der Waals surface area contributed by atoms with E-state index in [1.807, 2.05) is 23.2 Å². The summed E-state index contributed by atoms with van der Waals surface area (Å²) in [7, 11) is 0. The first-order valence-electron chi connectivity index (χ1n) is 12.0. The fraction of sp³-hybridized carbons (Fsp3) is 0.440. The standard InChI is InChI=1S/C24H33N5O2.CH3NO2/c1-2-3-4-5-8-12-25-23(31)20-17-27-24(28-18-20)29(14-15-30)13-11-19-16-26-22-10-7-6-9-21(19)22;3-1-2-4/h6-7,9-10,16-18,26,30H,2-5,8,11-15H2,1H3,(H,25,31);1,4H,(H,2,3). The van der Waals surface area contributed by atoms with Crippen LogP contribution in [-0.4, -0.2) is 63.8 Å². The summed E-state index contributed by atoms with van der Waals surface area (Å²) in [6.45, 7) is 3.98. The molecule has 0 unspecified atom stereocenters. The smallest absolute Gasteiger partial charge is 0.254 e. The van der Waals surface area contributed by atoms with Crippen LogP contribution >= 0.6 is 0 Å². The van der Waals surface area contributed by atoms with E-state index in [2.05, 4.69) is 39.3 Å². The van der Waals surface area contributed by atoms with Crippen LogP contribution in [0, 0.1) is 0 Å². The fourth-order valence-electron chi connectivity index (χ4n) is 3.66. The van der Waals surface area contributed by atoms with Gasteiger partial charge in [-0.1, -0.05) is 50.8 Å². The number of aromatic nitrogens is 3. The third-order valence-electron chi connectivity index (χ3n) is 5.50. The number of hydrogen-bond acceptors (Lipinski definition) is 7. The Balaban J connectivity index is 0.00000100. The number of hydrogen-bond donors (Lipinski definition) is 5. The van der Waals surface area contributed by atoms with Crippen LogP contribution in [0.3, 0.4) is 0 Å². The van der Waals surface area contributed by atoms with Gasteiger partial charge in [0.25, 0.3) is 5.91 Å². The molecule has 0 aliphatic heterocycles. The Morgan fingerprint density at radius 2 is 1.83 bits per heavy atom. The zero-order valence-electron chi connectivity index (χ0n) is 20.2. The van der Waals surface area contributed by atoms with Crippen molar-refractivity contribution in [2.24, 2.45) is 0 Å². The molecule has 5 N–H and O–H groups in total. The predicted molar refractivity (Wildman–Crippen MR) is 135 cm³/mol. The topological polar surface area (TPSA) is 143 Å². The SMILES string of the molecule is CCCCCCCNC(=O)c1cnc(N(CCO)CCc2c[nH]c3ccccc23)nc1.O=CNO. The molecule has 0 atom stereocenters. The molecule has 0 bridgehead atoms. The van der Waals surface area contributed by atoms with E-state index in [0.29, 0.717) is 31.1 Å². The number of carbonyl (C=O) groups excluding carboxylic acids is 2. The summed E-state index contributed by atoms with van der Waals surface area (Å²) in [5.41, 5.74) is 4.04. The molecule has 2 amide bonds. The van der Waals surface area contributed by atoms with E-state index >= 15 is 0 Å². The number of nitrogens with zero attached hydrogens (tertiary/aromatic N) is 3. The predicted octanol–water partition coefficient (Wildman–Crippen LogP) is 2.82. The van der Waals surface area contributed by atoms with Crippen molar-refractivity contribution in [3.63, 3.8) is 0 Å². The van der Waals surface area contributed by atoms with Crippen molar-refractivity contribution in [2.45, 2.75) is 45.4 Å². The number of hydroxylamine groups is 1. The summed E-state index contributed by atoms with van der Waals surface area (Å²) < 4.78 is 0. The molecule has 0 saturated heterocycles. The van der Waals surface area contributed by atoms with Gasteiger partial charge >= 0.3 is 0 Å². The van der Waals surface area contributed by atoms with Gasteiger partial charge in [0, 0.05) is 49.1 Å². The van der Waals surface area contributed by atoms with Crippen LogP contribution in [0.5, 0.6) is 0 Å². The lowest BCUT2D eigenvalue weighted by Gasteiger charge is -2.21. The fourth-order valence-corrected chi connectivity index (χ4v) is 3.66. The molecule has 0 fully saturated rings. The van der Waals surface area contributed by atoms with Gasteiger partial charge in [-0.25, -0.2) is 15.4 Å². The van der Waals surface area contributed by atoms with Crippen LogP contribution in [0.2, 0.25) is 0 Å². The molecule has 0 saturated carbocycles. The van der Waals surface area contributed by atoms with Gasteiger partial charge in [-0.3, -0.25) is 14.8 Å². The number of benzene rings is 1. The van der Waals surface area contributed by atoms with Gasteiger partial charge in [0.2, 0.25) is 12.4 Å². The molecule has 190 valence electrons. The first-order chi connectivity index (χ1) is 17.1. The molecule has 10 heteroatoms. The molecule has 0 spiro atoms. The van der Waals surface area contributed by atoms with Crippen molar-refractivity contribution >= 4 is 29.2 Å². The highest BCUT2D eigenvalue weighted by Gasteiger charge is 2.13. The molecule has 35 heavy (non-hydrogen) atoms. The minimum Gasteiger partial charge on any atom is -0.395 e. The Bertz CT molecular complexity index is 1010. The number of nitrogens with one attached hydrogen (secondary N) is 3. The summed E-state index contributed by atoms with van der Waals surface area (Å²) in [6, 6.07) is 8.20. The number of amides is 2. The summed E-state index contributed by atoms with van der Waals surface area (Å²) in [5.74, 6) is 0.375. The Morgan fingerprint density at radius 1 is 1.11 bits per heavy atom. The molecule has 2 heterocycles. The Morgan fingerprint density at radius 3 is 2.51 bits per heavy atom. The quantitative estimate of drug-likeness (QED) is 0.102. The van der Waals surface area contributed by atoms with Crippen LogP contribution in [0.1, 0.15) is 54.9 Å². The third-order valence-corrected chi connectivity index (χ3v) is 5.50. The van der Waals surface area contributed by atoms with Crippen LogP contribution < -0.4 is 15.7 Å². The number of aromatic amines is 1. The van der Waals surface area contributed by atoms with E-state index in [4.69, 9.17) is 10.0 Å². The monoisotopic (exact) mass is 484 g/mol. The van der Waals surface area contributed by atoms with Crippen molar-refractivity contribution < 1.29 is 19.9 Å². The molecule has 3 rings (SSSR count). The maximum Gasteiger partial charge on any atom is 0.254 e. The minimum absolute atomic E-state index is 0.0114. The molecule has 3 aromatic rings. The zero-order chi connectivity index (χ0) is 25.3. The van der Waals surface area contributed by atoms with Gasteiger partial charge in [-0.2, -0.15) is 0 Å². The number of anilines is 1. The van der Waals surface area contributed by atoms with Crippen LogP contribution in [0.4, 0.5) is 5.95 Å². The second-order valence-electron chi connectivity index (χ2n) is 8.01.